The monoisotopic (exact) mass is 279 g/mol. The molecule has 19 heavy (non-hydrogen) atoms. The standard InChI is InChI=1S/C14H18ClN3O/c15-12-6-4-5-11-8-10-18(14(11)12)9-3-1-2-7-13(19)17-16/h4-6,8,10H,1-3,7,9,16H2,(H,17,19). The number of rotatable bonds is 6. The van der Waals surface area contributed by atoms with E-state index in [0.29, 0.717) is 6.42 Å². The largest absolute Gasteiger partial charge is 0.346 e. The van der Waals surface area contributed by atoms with Crippen LogP contribution in [0.5, 0.6) is 0 Å². The third-order valence-electron chi connectivity index (χ3n) is 3.20. The number of hydrogen-bond acceptors (Lipinski definition) is 2. The summed E-state index contributed by atoms with van der Waals surface area (Å²) < 4.78 is 2.17. The molecule has 0 spiro atoms. The van der Waals surface area contributed by atoms with Crippen molar-refractivity contribution in [2.45, 2.75) is 32.2 Å². The number of hydrogen-bond donors (Lipinski definition) is 2. The van der Waals surface area contributed by atoms with Gasteiger partial charge in [-0.3, -0.25) is 10.2 Å². The summed E-state index contributed by atoms with van der Waals surface area (Å²) in [5.41, 5.74) is 3.23. The molecular weight excluding hydrogens is 262 g/mol. The SMILES string of the molecule is NNC(=O)CCCCCn1ccc2cccc(Cl)c21. The van der Waals surface area contributed by atoms with Crippen LogP contribution in [0.25, 0.3) is 10.9 Å². The molecule has 4 nitrogen and oxygen atoms in total. The van der Waals surface area contributed by atoms with E-state index >= 15 is 0 Å². The van der Waals surface area contributed by atoms with Crippen molar-refractivity contribution in [3.8, 4) is 0 Å². The fourth-order valence-electron chi connectivity index (χ4n) is 2.22. The molecule has 0 atom stereocenters. The van der Waals surface area contributed by atoms with Gasteiger partial charge in [-0.15, -0.1) is 0 Å². The number of nitrogens with two attached hydrogens (primary N) is 1. The van der Waals surface area contributed by atoms with E-state index < -0.39 is 0 Å². The fraction of sp³-hybridized carbons (Fsp3) is 0.357. The number of unbranched alkanes of at least 4 members (excludes halogenated alkanes) is 2. The first-order valence-electron chi connectivity index (χ1n) is 6.45. The van der Waals surface area contributed by atoms with E-state index in [1.54, 1.807) is 0 Å². The highest BCUT2D eigenvalue weighted by molar-refractivity contribution is 6.35. The second kappa shape index (κ2) is 6.59. The molecule has 102 valence electrons. The normalized spacial score (nSPS) is 10.8. The van der Waals surface area contributed by atoms with E-state index in [1.165, 1.54) is 0 Å². The number of nitrogens with zero attached hydrogens (tertiary/aromatic N) is 1. The molecule has 2 aromatic rings. The summed E-state index contributed by atoms with van der Waals surface area (Å²) in [4.78, 5) is 11.0. The van der Waals surface area contributed by atoms with Crippen LogP contribution in [0.2, 0.25) is 5.02 Å². The third kappa shape index (κ3) is 3.49. The first-order chi connectivity index (χ1) is 9.22. The van der Waals surface area contributed by atoms with Crippen molar-refractivity contribution in [3.63, 3.8) is 0 Å². The first-order valence-corrected chi connectivity index (χ1v) is 6.83. The van der Waals surface area contributed by atoms with Crippen molar-refractivity contribution in [2.75, 3.05) is 0 Å². The van der Waals surface area contributed by atoms with Gasteiger partial charge in [-0.1, -0.05) is 30.2 Å². The maximum absolute atomic E-state index is 11.0. The molecule has 0 saturated heterocycles. The van der Waals surface area contributed by atoms with Crippen molar-refractivity contribution in [2.24, 2.45) is 5.84 Å². The molecule has 2 rings (SSSR count). The Balaban J connectivity index is 1.87. The predicted molar refractivity (Wildman–Crippen MR) is 77.7 cm³/mol. The Bertz CT molecular complexity index is 565. The van der Waals surface area contributed by atoms with Crippen molar-refractivity contribution in [3.05, 3.63) is 35.5 Å². The predicted octanol–water partition coefficient (Wildman–Crippen LogP) is 2.85. The van der Waals surface area contributed by atoms with Crippen molar-refractivity contribution in [1.29, 1.82) is 0 Å². The van der Waals surface area contributed by atoms with Gasteiger partial charge >= 0.3 is 0 Å². The number of aryl methyl sites for hydroxylation is 1. The molecule has 0 radical (unpaired) electrons. The lowest BCUT2D eigenvalue weighted by Crippen LogP contribution is -2.29. The van der Waals surface area contributed by atoms with Crippen LogP contribution < -0.4 is 11.3 Å². The second-order valence-corrected chi connectivity index (χ2v) is 4.97. The first kappa shape index (κ1) is 13.9. The van der Waals surface area contributed by atoms with Crippen LogP contribution in [-0.4, -0.2) is 10.5 Å². The fourth-order valence-corrected chi connectivity index (χ4v) is 2.51. The molecule has 1 heterocycles. The van der Waals surface area contributed by atoms with Gasteiger partial charge in [0.1, 0.15) is 0 Å². The van der Waals surface area contributed by atoms with Crippen molar-refractivity contribution < 1.29 is 4.79 Å². The highest BCUT2D eigenvalue weighted by atomic mass is 35.5. The van der Waals surface area contributed by atoms with Crippen molar-refractivity contribution >= 4 is 28.4 Å². The molecule has 1 aromatic heterocycles. The van der Waals surface area contributed by atoms with Gasteiger partial charge in [-0.05, 0) is 25.0 Å². The summed E-state index contributed by atoms with van der Waals surface area (Å²) in [5.74, 6) is 4.92. The minimum Gasteiger partial charge on any atom is -0.346 e. The molecule has 0 saturated carbocycles. The quantitative estimate of drug-likeness (QED) is 0.370. The van der Waals surface area contributed by atoms with Crippen LogP contribution in [0.1, 0.15) is 25.7 Å². The van der Waals surface area contributed by atoms with Gasteiger partial charge in [0.05, 0.1) is 10.5 Å². The molecule has 0 aliphatic heterocycles. The smallest absolute Gasteiger partial charge is 0.233 e. The van der Waals surface area contributed by atoms with Crippen LogP contribution in [0.4, 0.5) is 0 Å². The summed E-state index contributed by atoms with van der Waals surface area (Å²) in [6, 6.07) is 8.00. The Labute approximate surface area is 117 Å². The summed E-state index contributed by atoms with van der Waals surface area (Å²) in [5, 5.41) is 1.94. The van der Waals surface area contributed by atoms with Crippen molar-refractivity contribution in [1.82, 2.24) is 9.99 Å². The number of amides is 1. The number of hydrazine groups is 1. The number of nitrogens with one attached hydrogen (secondary N) is 1. The maximum Gasteiger partial charge on any atom is 0.233 e. The Hall–Kier alpha value is -1.52. The second-order valence-electron chi connectivity index (χ2n) is 4.56. The highest BCUT2D eigenvalue weighted by Gasteiger charge is 2.04. The van der Waals surface area contributed by atoms with Gasteiger partial charge in [0.15, 0.2) is 0 Å². The molecule has 0 aliphatic rings. The zero-order valence-corrected chi connectivity index (χ0v) is 11.5. The van der Waals surface area contributed by atoms with E-state index in [0.717, 1.165) is 41.7 Å². The van der Waals surface area contributed by atoms with Gasteiger partial charge in [-0.25, -0.2) is 5.84 Å². The summed E-state index contributed by atoms with van der Waals surface area (Å²) in [6.07, 6.45) is 5.42. The van der Waals surface area contributed by atoms with E-state index in [9.17, 15) is 4.79 Å². The zero-order chi connectivity index (χ0) is 13.7. The summed E-state index contributed by atoms with van der Waals surface area (Å²) in [7, 11) is 0. The Morgan fingerprint density at radius 2 is 2.11 bits per heavy atom. The Morgan fingerprint density at radius 3 is 2.89 bits per heavy atom. The number of fused-ring (bicyclic) bond motifs is 1. The molecule has 1 amide bonds. The number of aromatic nitrogens is 1. The number of carbonyl (C=O) groups excluding carboxylic acids is 1. The Kier molecular flexibility index (Phi) is 4.82. The highest BCUT2D eigenvalue weighted by Crippen LogP contribution is 2.24. The molecule has 0 fully saturated rings. The third-order valence-corrected chi connectivity index (χ3v) is 3.51. The van der Waals surface area contributed by atoms with Gasteiger partial charge < -0.3 is 4.57 Å². The van der Waals surface area contributed by atoms with Crippen LogP contribution in [0, 0.1) is 0 Å². The number of halogens is 1. The molecule has 5 heteroatoms. The molecule has 3 N–H and O–H groups in total. The number of carbonyl (C=O) groups is 1. The van der Waals surface area contributed by atoms with Gasteiger partial charge in [0.2, 0.25) is 5.91 Å². The number of para-hydroxylation sites is 1. The average Bonchev–Trinajstić information content (AvgIpc) is 2.83. The minimum absolute atomic E-state index is 0.102. The van der Waals surface area contributed by atoms with E-state index in [4.69, 9.17) is 17.4 Å². The van der Waals surface area contributed by atoms with Gasteiger partial charge in [-0.2, -0.15) is 0 Å². The van der Waals surface area contributed by atoms with E-state index in [2.05, 4.69) is 28.3 Å². The van der Waals surface area contributed by atoms with E-state index in [1.807, 2.05) is 12.1 Å². The molecule has 0 unspecified atom stereocenters. The van der Waals surface area contributed by atoms with E-state index in [-0.39, 0.29) is 5.91 Å². The lowest BCUT2D eigenvalue weighted by Gasteiger charge is -2.06. The van der Waals surface area contributed by atoms with Crippen LogP contribution in [-0.2, 0) is 11.3 Å². The Morgan fingerprint density at radius 1 is 1.26 bits per heavy atom. The summed E-state index contributed by atoms with van der Waals surface area (Å²) in [6.45, 7) is 0.914. The average molecular weight is 280 g/mol. The van der Waals surface area contributed by atoms with Crippen LogP contribution in [0.3, 0.4) is 0 Å². The minimum atomic E-state index is -0.102. The lowest BCUT2D eigenvalue weighted by molar-refractivity contribution is -0.121. The van der Waals surface area contributed by atoms with Crippen LogP contribution >= 0.6 is 11.6 Å². The molecule has 0 aliphatic carbocycles. The molecular formula is C14H18ClN3O. The summed E-state index contributed by atoms with van der Waals surface area (Å²) >= 11 is 6.22. The molecule has 1 aromatic carbocycles. The molecule has 0 bridgehead atoms. The topological polar surface area (TPSA) is 60.0 Å². The number of benzene rings is 1. The van der Waals surface area contributed by atoms with Gasteiger partial charge in [0, 0.05) is 24.5 Å². The zero-order valence-electron chi connectivity index (χ0n) is 10.7. The maximum atomic E-state index is 11.0. The lowest BCUT2D eigenvalue weighted by atomic mass is 10.2. The van der Waals surface area contributed by atoms with Gasteiger partial charge in [0.25, 0.3) is 0 Å². The van der Waals surface area contributed by atoms with Crippen LogP contribution in [0.15, 0.2) is 30.5 Å².